The second-order valence-electron chi connectivity index (χ2n) is 5.03. The van der Waals surface area contributed by atoms with E-state index in [0.29, 0.717) is 18.1 Å². The van der Waals surface area contributed by atoms with Gasteiger partial charge in [0.25, 0.3) is 0 Å². The molecule has 1 aromatic heterocycles. The van der Waals surface area contributed by atoms with Crippen LogP contribution in [0, 0.1) is 13.8 Å². The Labute approximate surface area is 122 Å². The molecular formula is C13H19N3O5. The first-order valence-electron chi connectivity index (χ1n) is 6.72. The minimum absolute atomic E-state index is 0.00244. The maximum Gasteiger partial charge on any atom is 0.328 e. The maximum atomic E-state index is 12.3. The summed E-state index contributed by atoms with van der Waals surface area (Å²) >= 11 is 0. The highest BCUT2D eigenvalue weighted by Crippen LogP contribution is 2.21. The molecule has 116 valence electrons. The topological polar surface area (TPSA) is 105 Å². The first kappa shape index (κ1) is 15.3. The smallest absolute Gasteiger partial charge is 0.328 e. The number of rotatable bonds is 3. The van der Waals surface area contributed by atoms with Crippen LogP contribution >= 0.6 is 0 Å². The zero-order valence-electron chi connectivity index (χ0n) is 12.3. The molecule has 1 aliphatic heterocycles. The number of ether oxygens (including phenoxy) is 1. The SMILES string of the molecule is Cc1noc(C)c1C(C)NC(=O)N1CCOCC1C(=O)O. The molecule has 1 fully saturated rings. The van der Waals surface area contributed by atoms with Gasteiger partial charge in [-0.15, -0.1) is 0 Å². The van der Waals surface area contributed by atoms with E-state index in [9.17, 15) is 9.59 Å². The van der Waals surface area contributed by atoms with Crippen molar-refractivity contribution < 1.29 is 24.0 Å². The molecule has 2 unspecified atom stereocenters. The summed E-state index contributed by atoms with van der Waals surface area (Å²) in [6.07, 6.45) is 0. The highest BCUT2D eigenvalue weighted by Gasteiger charge is 2.33. The molecule has 1 saturated heterocycles. The standard InChI is InChI=1S/C13H19N3O5/c1-7(11-8(2)15-21-9(11)3)14-13(19)16-4-5-20-6-10(16)12(17)18/h7,10H,4-6H2,1-3H3,(H,14,19)(H,17,18). The van der Waals surface area contributed by atoms with Gasteiger partial charge in [0.1, 0.15) is 5.76 Å². The van der Waals surface area contributed by atoms with Crippen molar-refractivity contribution >= 4 is 12.0 Å². The summed E-state index contributed by atoms with van der Waals surface area (Å²) in [6, 6.07) is -1.71. The fraction of sp³-hybridized carbons (Fsp3) is 0.615. The van der Waals surface area contributed by atoms with Crippen molar-refractivity contribution in [2.45, 2.75) is 32.9 Å². The van der Waals surface area contributed by atoms with Crippen molar-refractivity contribution in [3.63, 3.8) is 0 Å². The highest BCUT2D eigenvalue weighted by molar-refractivity contribution is 5.83. The lowest BCUT2D eigenvalue weighted by molar-refractivity contribution is -0.147. The van der Waals surface area contributed by atoms with E-state index >= 15 is 0 Å². The normalized spacial score (nSPS) is 20.1. The van der Waals surface area contributed by atoms with Gasteiger partial charge in [-0.25, -0.2) is 9.59 Å². The Bertz CT molecular complexity index is 522. The minimum Gasteiger partial charge on any atom is -0.480 e. The Morgan fingerprint density at radius 1 is 1.48 bits per heavy atom. The molecule has 0 radical (unpaired) electrons. The van der Waals surface area contributed by atoms with Crippen molar-refractivity contribution in [1.29, 1.82) is 0 Å². The van der Waals surface area contributed by atoms with Gasteiger partial charge in [-0.05, 0) is 20.8 Å². The number of carboxylic acids is 1. The number of carbonyl (C=O) groups is 2. The van der Waals surface area contributed by atoms with E-state index in [1.807, 2.05) is 0 Å². The molecule has 2 heterocycles. The molecule has 2 amide bonds. The van der Waals surface area contributed by atoms with Crippen LogP contribution in [0.4, 0.5) is 4.79 Å². The molecule has 1 aliphatic rings. The predicted octanol–water partition coefficient (Wildman–Crippen LogP) is 0.847. The Balaban J connectivity index is 2.08. The number of aryl methyl sites for hydroxylation is 2. The van der Waals surface area contributed by atoms with E-state index in [-0.39, 0.29) is 19.2 Å². The monoisotopic (exact) mass is 297 g/mol. The van der Waals surface area contributed by atoms with Crippen LogP contribution < -0.4 is 5.32 Å². The number of morpholine rings is 1. The summed E-state index contributed by atoms with van der Waals surface area (Å²) in [4.78, 5) is 24.7. The van der Waals surface area contributed by atoms with Crippen LogP contribution in [0.3, 0.4) is 0 Å². The Morgan fingerprint density at radius 3 is 2.76 bits per heavy atom. The second kappa shape index (κ2) is 6.13. The predicted molar refractivity (Wildman–Crippen MR) is 71.9 cm³/mol. The third-order valence-corrected chi connectivity index (χ3v) is 3.54. The lowest BCUT2D eigenvalue weighted by atomic mass is 10.1. The van der Waals surface area contributed by atoms with E-state index in [2.05, 4.69) is 10.5 Å². The lowest BCUT2D eigenvalue weighted by Gasteiger charge is -2.33. The second-order valence-corrected chi connectivity index (χ2v) is 5.03. The number of amides is 2. The van der Waals surface area contributed by atoms with Crippen molar-refractivity contribution in [2.24, 2.45) is 0 Å². The summed E-state index contributed by atoms with van der Waals surface area (Å²) in [7, 11) is 0. The first-order valence-corrected chi connectivity index (χ1v) is 6.72. The molecule has 0 spiro atoms. The van der Waals surface area contributed by atoms with Crippen molar-refractivity contribution in [1.82, 2.24) is 15.4 Å². The molecule has 0 bridgehead atoms. The molecule has 2 N–H and O–H groups in total. The van der Waals surface area contributed by atoms with Crippen molar-refractivity contribution in [3.8, 4) is 0 Å². The molecular weight excluding hydrogens is 278 g/mol. The molecule has 2 rings (SSSR count). The number of carboxylic acid groups (broad SMARTS) is 1. The van der Waals surface area contributed by atoms with Crippen LogP contribution in [0.5, 0.6) is 0 Å². The van der Waals surface area contributed by atoms with Crippen molar-refractivity contribution in [3.05, 3.63) is 17.0 Å². The van der Waals surface area contributed by atoms with Gasteiger partial charge in [0.2, 0.25) is 0 Å². The summed E-state index contributed by atoms with van der Waals surface area (Å²) < 4.78 is 10.2. The number of hydrogen-bond donors (Lipinski definition) is 2. The number of urea groups is 1. The van der Waals surface area contributed by atoms with Gasteiger partial charge in [-0.2, -0.15) is 0 Å². The summed E-state index contributed by atoms with van der Waals surface area (Å²) in [5.74, 6) is -0.438. The number of hydrogen-bond acceptors (Lipinski definition) is 5. The minimum atomic E-state index is -1.07. The molecule has 0 aliphatic carbocycles. The van der Waals surface area contributed by atoms with Gasteiger partial charge >= 0.3 is 12.0 Å². The van der Waals surface area contributed by atoms with Crippen LogP contribution in [-0.4, -0.2) is 53.0 Å². The molecule has 1 aromatic rings. The fourth-order valence-electron chi connectivity index (χ4n) is 2.50. The fourth-order valence-corrected chi connectivity index (χ4v) is 2.50. The molecule has 2 atom stereocenters. The average Bonchev–Trinajstić information content (AvgIpc) is 2.78. The maximum absolute atomic E-state index is 12.3. The number of aromatic nitrogens is 1. The third-order valence-electron chi connectivity index (χ3n) is 3.54. The van der Waals surface area contributed by atoms with E-state index in [1.165, 1.54) is 4.90 Å². The summed E-state index contributed by atoms with van der Waals surface area (Å²) in [6.45, 7) is 5.95. The molecule has 8 heteroatoms. The third kappa shape index (κ3) is 3.15. The van der Waals surface area contributed by atoms with Gasteiger partial charge in [-0.3, -0.25) is 0 Å². The Kier molecular flexibility index (Phi) is 4.46. The van der Waals surface area contributed by atoms with Gasteiger partial charge in [0, 0.05) is 12.1 Å². The van der Waals surface area contributed by atoms with E-state index in [0.717, 1.165) is 5.56 Å². The van der Waals surface area contributed by atoms with Gasteiger partial charge in [0.05, 0.1) is 24.9 Å². The quantitative estimate of drug-likeness (QED) is 0.857. The zero-order valence-corrected chi connectivity index (χ0v) is 12.3. The van der Waals surface area contributed by atoms with Crippen LogP contribution in [0.2, 0.25) is 0 Å². The zero-order chi connectivity index (χ0) is 15.6. The number of nitrogens with one attached hydrogen (secondary N) is 1. The lowest BCUT2D eigenvalue weighted by Crippen LogP contribution is -2.55. The molecule has 8 nitrogen and oxygen atoms in total. The van der Waals surface area contributed by atoms with Crippen LogP contribution in [0.15, 0.2) is 4.52 Å². The van der Waals surface area contributed by atoms with E-state index in [4.69, 9.17) is 14.4 Å². The largest absolute Gasteiger partial charge is 0.480 e. The van der Waals surface area contributed by atoms with E-state index in [1.54, 1.807) is 20.8 Å². The Morgan fingerprint density at radius 2 is 2.19 bits per heavy atom. The van der Waals surface area contributed by atoms with Gasteiger partial charge in [-0.1, -0.05) is 5.16 Å². The summed E-state index contributed by atoms with van der Waals surface area (Å²) in [5.41, 5.74) is 1.51. The van der Waals surface area contributed by atoms with Crippen molar-refractivity contribution in [2.75, 3.05) is 19.8 Å². The number of carbonyl (C=O) groups excluding carboxylic acids is 1. The number of aliphatic carboxylic acids is 1. The average molecular weight is 297 g/mol. The first-order chi connectivity index (χ1) is 9.91. The van der Waals surface area contributed by atoms with Crippen LogP contribution in [-0.2, 0) is 9.53 Å². The van der Waals surface area contributed by atoms with Gasteiger partial charge in [0.15, 0.2) is 6.04 Å². The molecule has 21 heavy (non-hydrogen) atoms. The van der Waals surface area contributed by atoms with Crippen LogP contribution in [0.1, 0.15) is 30.0 Å². The molecule has 0 saturated carbocycles. The van der Waals surface area contributed by atoms with Crippen LogP contribution in [0.25, 0.3) is 0 Å². The van der Waals surface area contributed by atoms with Gasteiger partial charge < -0.3 is 24.6 Å². The highest BCUT2D eigenvalue weighted by atomic mass is 16.5. The Hall–Kier alpha value is -2.09. The molecule has 0 aromatic carbocycles. The summed E-state index contributed by atoms with van der Waals surface area (Å²) in [5, 5.41) is 15.8. The number of nitrogens with zero attached hydrogens (tertiary/aromatic N) is 2. The van der Waals surface area contributed by atoms with E-state index < -0.39 is 18.0 Å².